The van der Waals surface area contributed by atoms with Gasteiger partial charge in [0.15, 0.2) is 5.78 Å². The molecule has 0 amide bonds. The number of hydrogen-bond donors (Lipinski definition) is 1. The summed E-state index contributed by atoms with van der Waals surface area (Å²) < 4.78 is 4.90. The maximum Gasteiger partial charge on any atom is 0.280 e. The van der Waals surface area contributed by atoms with Crippen molar-refractivity contribution < 1.29 is 14.5 Å². The maximum atomic E-state index is 11.7. The van der Waals surface area contributed by atoms with Crippen molar-refractivity contribution in [1.82, 2.24) is 0 Å². The standard InChI is InChI=1S/C10H12N2O4/c1-6(11)10(13)8-5-7(16-2)3-4-9(8)12(14)15/h3-6H,11H2,1-2H3. The highest BCUT2D eigenvalue weighted by Crippen LogP contribution is 2.24. The van der Waals surface area contributed by atoms with Gasteiger partial charge < -0.3 is 10.5 Å². The number of nitrogens with zero attached hydrogens (tertiary/aromatic N) is 1. The number of methoxy groups -OCH3 is 1. The topological polar surface area (TPSA) is 95.5 Å². The fraction of sp³-hybridized carbons (Fsp3) is 0.300. The molecule has 0 aromatic heterocycles. The van der Waals surface area contributed by atoms with Gasteiger partial charge in [0.05, 0.1) is 18.1 Å². The molecule has 0 heterocycles. The second-order valence-electron chi connectivity index (χ2n) is 3.29. The van der Waals surface area contributed by atoms with Crippen LogP contribution in [0.5, 0.6) is 5.75 Å². The lowest BCUT2D eigenvalue weighted by Gasteiger charge is -2.07. The fourth-order valence-corrected chi connectivity index (χ4v) is 1.24. The summed E-state index contributed by atoms with van der Waals surface area (Å²) >= 11 is 0. The van der Waals surface area contributed by atoms with Gasteiger partial charge in [-0.15, -0.1) is 0 Å². The molecular formula is C10H12N2O4. The minimum absolute atomic E-state index is 0.0284. The zero-order chi connectivity index (χ0) is 12.3. The van der Waals surface area contributed by atoms with E-state index in [0.717, 1.165) is 0 Å². The minimum atomic E-state index is -0.786. The Balaban J connectivity index is 3.31. The van der Waals surface area contributed by atoms with Crippen LogP contribution < -0.4 is 10.5 Å². The van der Waals surface area contributed by atoms with E-state index in [2.05, 4.69) is 0 Å². The molecule has 0 saturated carbocycles. The monoisotopic (exact) mass is 224 g/mol. The van der Waals surface area contributed by atoms with Crippen molar-refractivity contribution in [1.29, 1.82) is 0 Å². The Kier molecular flexibility index (Phi) is 3.57. The summed E-state index contributed by atoms with van der Waals surface area (Å²) in [5.41, 5.74) is 5.13. The molecule has 1 aromatic carbocycles. The number of benzene rings is 1. The predicted molar refractivity (Wildman–Crippen MR) is 57.6 cm³/mol. The van der Waals surface area contributed by atoms with Crippen LogP contribution in [0.2, 0.25) is 0 Å². The predicted octanol–water partition coefficient (Wildman–Crippen LogP) is 1.13. The van der Waals surface area contributed by atoms with Gasteiger partial charge in [0.2, 0.25) is 0 Å². The molecule has 6 nitrogen and oxygen atoms in total. The second-order valence-corrected chi connectivity index (χ2v) is 3.29. The molecule has 0 aliphatic rings. The smallest absolute Gasteiger partial charge is 0.280 e. The van der Waals surface area contributed by atoms with Gasteiger partial charge in [-0.1, -0.05) is 0 Å². The number of carbonyl (C=O) groups is 1. The van der Waals surface area contributed by atoms with Crippen molar-refractivity contribution in [2.24, 2.45) is 5.73 Å². The third-order valence-corrected chi connectivity index (χ3v) is 2.08. The van der Waals surface area contributed by atoms with Crippen LogP contribution in [-0.4, -0.2) is 23.9 Å². The van der Waals surface area contributed by atoms with E-state index >= 15 is 0 Å². The Hall–Kier alpha value is -1.95. The van der Waals surface area contributed by atoms with Crippen LogP contribution in [-0.2, 0) is 0 Å². The fourth-order valence-electron chi connectivity index (χ4n) is 1.24. The van der Waals surface area contributed by atoms with Gasteiger partial charge in [0, 0.05) is 6.07 Å². The lowest BCUT2D eigenvalue weighted by molar-refractivity contribution is -0.385. The quantitative estimate of drug-likeness (QED) is 0.470. The van der Waals surface area contributed by atoms with Gasteiger partial charge in [0.25, 0.3) is 5.69 Å². The number of carbonyl (C=O) groups excluding carboxylic acids is 1. The molecule has 2 N–H and O–H groups in total. The summed E-state index contributed by atoms with van der Waals surface area (Å²) in [5.74, 6) is -0.0970. The number of nitro groups is 1. The number of ether oxygens (including phenoxy) is 1. The van der Waals surface area contributed by atoms with Crippen LogP contribution in [0.4, 0.5) is 5.69 Å². The molecule has 1 unspecified atom stereocenters. The number of rotatable bonds is 4. The molecule has 0 bridgehead atoms. The lowest BCUT2D eigenvalue weighted by atomic mass is 10.0. The average molecular weight is 224 g/mol. The second kappa shape index (κ2) is 4.71. The van der Waals surface area contributed by atoms with E-state index in [1.165, 1.54) is 32.2 Å². The van der Waals surface area contributed by atoms with Crippen molar-refractivity contribution in [2.75, 3.05) is 7.11 Å². The Bertz CT molecular complexity index is 429. The summed E-state index contributed by atoms with van der Waals surface area (Å²) in [6.45, 7) is 1.48. The minimum Gasteiger partial charge on any atom is -0.497 e. The first-order valence-electron chi connectivity index (χ1n) is 4.59. The van der Waals surface area contributed by atoms with Crippen molar-refractivity contribution in [3.05, 3.63) is 33.9 Å². The highest BCUT2D eigenvalue weighted by molar-refractivity contribution is 6.03. The third-order valence-electron chi connectivity index (χ3n) is 2.08. The van der Waals surface area contributed by atoms with Gasteiger partial charge in [-0.05, 0) is 19.1 Å². The highest BCUT2D eigenvalue weighted by Gasteiger charge is 2.23. The molecule has 6 heteroatoms. The Morgan fingerprint density at radius 1 is 1.56 bits per heavy atom. The van der Waals surface area contributed by atoms with Crippen LogP contribution in [0.25, 0.3) is 0 Å². The van der Waals surface area contributed by atoms with Crippen LogP contribution in [0.1, 0.15) is 17.3 Å². The van der Waals surface area contributed by atoms with Crippen LogP contribution >= 0.6 is 0 Å². The van der Waals surface area contributed by atoms with Gasteiger partial charge in [-0.3, -0.25) is 14.9 Å². The number of nitro benzene ring substituents is 1. The summed E-state index contributed by atoms with van der Waals surface area (Å²) in [5, 5.41) is 10.7. The Labute approximate surface area is 92.2 Å². The molecule has 16 heavy (non-hydrogen) atoms. The summed E-state index contributed by atoms with van der Waals surface area (Å²) in [4.78, 5) is 21.8. The van der Waals surface area contributed by atoms with E-state index < -0.39 is 16.7 Å². The number of ketones is 1. The SMILES string of the molecule is COc1ccc([N+](=O)[O-])c(C(=O)C(C)N)c1. The molecule has 86 valence electrons. The third kappa shape index (κ3) is 2.34. The van der Waals surface area contributed by atoms with E-state index in [0.29, 0.717) is 5.75 Å². The molecular weight excluding hydrogens is 212 g/mol. The largest absolute Gasteiger partial charge is 0.497 e. The first kappa shape index (κ1) is 12.1. The van der Waals surface area contributed by atoms with Crippen molar-refractivity contribution in [3.63, 3.8) is 0 Å². The molecule has 0 radical (unpaired) electrons. The van der Waals surface area contributed by atoms with E-state index in [1.54, 1.807) is 0 Å². The molecule has 0 aliphatic carbocycles. The molecule has 0 spiro atoms. The van der Waals surface area contributed by atoms with Crippen LogP contribution in [0.3, 0.4) is 0 Å². The van der Waals surface area contributed by atoms with E-state index in [-0.39, 0.29) is 11.3 Å². The number of nitrogens with two attached hydrogens (primary N) is 1. The Morgan fingerprint density at radius 3 is 2.62 bits per heavy atom. The first-order chi connectivity index (χ1) is 7.47. The van der Waals surface area contributed by atoms with E-state index in [4.69, 9.17) is 10.5 Å². The molecule has 0 aliphatic heterocycles. The molecule has 1 aromatic rings. The van der Waals surface area contributed by atoms with E-state index in [1.807, 2.05) is 0 Å². The van der Waals surface area contributed by atoms with Crippen LogP contribution in [0.15, 0.2) is 18.2 Å². The first-order valence-corrected chi connectivity index (χ1v) is 4.59. The molecule has 0 fully saturated rings. The molecule has 0 saturated heterocycles. The van der Waals surface area contributed by atoms with Crippen molar-refractivity contribution >= 4 is 11.5 Å². The zero-order valence-electron chi connectivity index (χ0n) is 8.97. The maximum absolute atomic E-state index is 11.7. The lowest BCUT2D eigenvalue weighted by Crippen LogP contribution is -2.27. The van der Waals surface area contributed by atoms with Gasteiger partial charge in [0.1, 0.15) is 11.3 Å². The van der Waals surface area contributed by atoms with Gasteiger partial charge in [-0.25, -0.2) is 0 Å². The van der Waals surface area contributed by atoms with Crippen LogP contribution in [0, 0.1) is 10.1 Å². The average Bonchev–Trinajstić information content (AvgIpc) is 2.26. The van der Waals surface area contributed by atoms with Crippen molar-refractivity contribution in [3.8, 4) is 5.75 Å². The zero-order valence-corrected chi connectivity index (χ0v) is 8.97. The summed E-state index contributed by atoms with van der Waals surface area (Å²) in [6, 6.07) is 3.19. The Morgan fingerprint density at radius 2 is 2.19 bits per heavy atom. The normalized spacial score (nSPS) is 11.9. The van der Waals surface area contributed by atoms with Gasteiger partial charge in [-0.2, -0.15) is 0 Å². The highest BCUT2D eigenvalue weighted by atomic mass is 16.6. The summed E-state index contributed by atoms with van der Waals surface area (Å²) in [6.07, 6.45) is 0. The number of Topliss-reactive ketones (excluding diaryl/α,β-unsaturated/α-hetero) is 1. The molecule has 1 rings (SSSR count). The summed E-state index contributed by atoms with van der Waals surface area (Å²) in [7, 11) is 1.42. The van der Waals surface area contributed by atoms with Gasteiger partial charge >= 0.3 is 0 Å². The van der Waals surface area contributed by atoms with E-state index in [9.17, 15) is 14.9 Å². The number of hydrogen-bond acceptors (Lipinski definition) is 5. The van der Waals surface area contributed by atoms with Crippen molar-refractivity contribution in [2.45, 2.75) is 13.0 Å². The molecule has 1 atom stereocenters.